The highest BCUT2D eigenvalue weighted by Crippen LogP contribution is 2.15. The Kier molecular flexibility index (Phi) is 4.19. The zero-order valence-corrected chi connectivity index (χ0v) is 14.7. The van der Waals surface area contributed by atoms with Crippen molar-refractivity contribution in [2.24, 2.45) is 0 Å². The number of imidazole rings is 1. The van der Waals surface area contributed by atoms with Crippen LogP contribution in [-0.2, 0) is 13.1 Å². The fourth-order valence-electron chi connectivity index (χ4n) is 3.20. The third kappa shape index (κ3) is 2.77. The summed E-state index contributed by atoms with van der Waals surface area (Å²) in [6, 6.07) is 15.4. The number of benzene rings is 2. The van der Waals surface area contributed by atoms with E-state index in [0.717, 1.165) is 4.57 Å². The topological polar surface area (TPSA) is 61.8 Å². The summed E-state index contributed by atoms with van der Waals surface area (Å²) >= 11 is 0. The van der Waals surface area contributed by atoms with Gasteiger partial charge in [-0.1, -0.05) is 36.4 Å². The van der Waals surface area contributed by atoms with Gasteiger partial charge >= 0.3 is 5.69 Å². The molecule has 0 aliphatic rings. The standard InChI is InChI=1S/C20H17FN4O2/c1-2-24-19(26)17-18(25(20(24)27)15-9-4-3-5-10-15)22-13-23(17)12-14-8-6-7-11-16(14)21/h3-11,13H,2,12H2,1H3. The molecule has 2 aromatic heterocycles. The Morgan fingerprint density at radius 1 is 1.00 bits per heavy atom. The van der Waals surface area contributed by atoms with Gasteiger partial charge in [-0.25, -0.2) is 18.7 Å². The van der Waals surface area contributed by atoms with Crippen molar-refractivity contribution in [2.75, 3.05) is 0 Å². The number of fused-ring (bicyclic) bond motifs is 1. The molecule has 7 heteroatoms. The summed E-state index contributed by atoms with van der Waals surface area (Å²) in [5.74, 6) is -0.355. The van der Waals surface area contributed by atoms with Gasteiger partial charge < -0.3 is 4.57 Å². The van der Waals surface area contributed by atoms with Crippen molar-refractivity contribution in [1.82, 2.24) is 18.7 Å². The van der Waals surface area contributed by atoms with Crippen molar-refractivity contribution in [3.63, 3.8) is 0 Å². The lowest BCUT2D eigenvalue weighted by Gasteiger charge is -2.11. The molecule has 0 saturated carbocycles. The smallest absolute Gasteiger partial charge is 0.320 e. The van der Waals surface area contributed by atoms with Gasteiger partial charge in [0.1, 0.15) is 5.82 Å². The molecule has 0 unspecified atom stereocenters. The third-order valence-electron chi connectivity index (χ3n) is 4.53. The van der Waals surface area contributed by atoms with Crippen LogP contribution >= 0.6 is 0 Å². The second-order valence-corrected chi connectivity index (χ2v) is 6.14. The fraction of sp³-hybridized carbons (Fsp3) is 0.150. The zero-order valence-electron chi connectivity index (χ0n) is 14.7. The van der Waals surface area contributed by atoms with Gasteiger partial charge in [0.25, 0.3) is 5.56 Å². The molecule has 0 aliphatic heterocycles. The SMILES string of the molecule is CCn1c(=O)c2c(ncn2Cc2ccccc2F)n(-c2ccccc2)c1=O. The Labute approximate surface area is 153 Å². The Bertz CT molecular complexity index is 1240. The monoisotopic (exact) mass is 364 g/mol. The van der Waals surface area contributed by atoms with Crippen LogP contribution < -0.4 is 11.2 Å². The van der Waals surface area contributed by atoms with E-state index in [1.807, 2.05) is 18.2 Å². The molecule has 2 aromatic carbocycles. The summed E-state index contributed by atoms with van der Waals surface area (Å²) in [4.78, 5) is 30.1. The van der Waals surface area contributed by atoms with E-state index in [9.17, 15) is 14.0 Å². The summed E-state index contributed by atoms with van der Waals surface area (Å²) in [5.41, 5.74) is 0.708. The van der Waals surface area contributed by atoms with Crippen LogP contribution in [0.15, 0.2) is 70.5 Å². The highest BCUT2D eigenvalue weighted by atomic mass is 19.1. The van der Waals surface area contributed by atoms with Crippen molar-refractivity contribution < 1.29 is 4.39 Å². The van der Waals surface area contributed by atoms with E-state index in [-0.39, 0.29) is 30.1 Å². The number of nitrogens with zero attached hydrogens (tertiary/aromatic N) is 4. The van der Waals surface area contributed by atoms with Crippen LogP contribution in [0.5, 0.6) is 0 Å². The minimum atomic E-state index is -0.447. The first-order valence-corrected chi connectivity index (χ1v) is 8.61. The first-order chi connectivity index (χ1) is 13.1. The lowest BCUT2D eigenvalue weighted by molar-refractivity contribution is 0.600. The number of para-hydroxylation sites is 1. The van der Waals surface area contributed by atoms with Gasteiger partial charge in [-0.3, -0.25) is 9.36 Å². The molecule has 0 N–H and O–H groups in total. The molecule has 0 radical (unpaired) electrons. The van der Waals surface area contributed by atoms with Gasteiger partial charge in [-0.2, -0.15) is 0 Å². The van der Waals surface area contributed by atoms with Gasteiger partial charge in [0, 0.05) is 12.1 Å². The molecular weight excluding hydrogens is 347 g/mol. The van der Waals surface area contributed by atoms with E-state index in [0.29, 0.717) is 11.3 Å². The first kappa shape index (κ1) is 17.0. The molecule has 0 spiro atoms. The van der Waals surface area contributed by atoms with Crippen molar-refractivity contribution in [2.45, 2.75) is 20.0 Å². The normalized spacial score (nSPS) is 11.2. The number of halogens is 1. The summed E-state index contributed by atoms with van der Waals surface area (Å²) < 4.78 is 18.2. The minimum Gasteiger partial charge on any atom is -0.320 e. The van der Waals surface area contributed by atoms with Crippen LogP contribution in [-0.4, -0.2) is 18.7 Å². The molecule has 6 nitrogen and oxygen atoms in total. The van der Waals surface area contributed by atoms with Crippen molar-refractivity contribution >= 4 is 11.2 Å². The average Bonchev–Trinajstić information content (AvgIpc) is 3.08. The molecule has 136 valence electrons. The second-order valence-electron chi connectivity index (χ2n) is 6.14. The summed E-state index contributed by atoms with van der Waals surface area (Å²) in [6.07, 6.45) is 1.47. The maximum absolute atomic E-state index is 14.1. The van der Waals surface area contributed by atoms with Crippen LogP contribution in [0.3, 0.4) is 0 Å². The fourth-order valence-corrected chi connectivity index (χ4v) is 3.20. The van der Waals surface area contributed by atoms with E-state index in [1.54, 1.807) is 41.8 Å². The molecule has 4 aromatic rings. The van der Waals surface area contributed by atoms with Crippen LogP contribution in [0.1, 0.15) is 12.5 Å². The predicted octanol–water partition coefficient (Wildman–Crippen LogP) is 2.56. The Morgan fingerprint density at radius 3 is 2.41 bits per heavy atom. The minimum absolute atomic E-state index is 0.148. The van der Waals surface area contributed by atoms with Gasteiger partial charge in [-0.15, -0.1) is 0 Å². The Morgan fingerprint density at radius 2 is 1.70 bits per heavy atom. The maximum atomic E-state index is 14.1. The van der Waals surface area contributed by atoms with Gasteiger partial charge in [0.15, 0.2) is 11.2 Å². The Hall–Kier alpha value is -3.48. The van der Waals surface area contributed by atoms with E-state index >= 15 is 0 Å². The molecular formula is C20H17FN4O2. The highest BCUT2D eigenvalue weighted by Gasteiger charge is 2.19. The van der Waals surface area contributed by atoms with Crippen molar-refractivity contribution in [1.29, 1.82) is 0 Å². The molecule has 27 heavy (non-hydrogen) atoms. The predicted molar refractivity (Wildman–Crippen MR) is 101 cm³/mol. The van der Waals surface area contributed by atoms with Crippen LogP contribution in [0.2, 0.25) is 0 Å². The largest absolute Gasteiger partial charge is 0.337 e. The molecule has 0 aliphatic carbocycles. The average molecular weight is 364 g/mol. The molecule has 4 rings (SSSR count). The van der Waals surface area contributed by atoms with Crippen molar-refractivity contribution in [3.05, 3.63) is 93.1 Å². The molecule has 0 atom stereocenters. The van der Waals surface area contributed by atoms with E-state index in [4.69, 9.17) is 0 Å². The second kappa shape index (κ2) is 6.68. The Balaban J connectivity index is 2.01. The van der Waals surface area contributed by atoms with Gasteiger partial charge in [0.05, 0.1) is 18.6 Å². The van der Waals surface area contributed by atoms with Crippen LogP contribution in [0, 0.1) is 5.82 Å². The van der Waals surface area contributed by atoms with E-state index in [2.05, 4.69) is 4.98 Å². The first-order valence-electron chi connectivity index (χ1n) is 8.61. The quantitative estimate of drug-likeness (QED) is 0.559. The third-order valence-corrected chi connectivity index (χ3v) is 4.53. The number of hydrogen-bond donors (Lipinski definition) is 0. The summed E-state index contributed by atoms with van der Waals surface area (Å²) in [5, 5.41) is 0. The number of hydrogen-bond acceptors (Lipinski definition) is 3. The highest BCUT2D eigenvalue weighted by molar-refractivity contribution is 5.72. The van der Waals surface area contributed by atoms with Gasteiger partial charge in [-0.05, 0) is 25.1 Å². The summed E-state index contributed by atoms with van der Waals surface area (Å²) in [6.45, 7) is 2.11. The maximum Gasteiger partial charge on any atom is 0.337 e. The van der Waals surface area contributed by atoms with Crippen molar-refractivity contribution in [3.8, 4) is 5.69 Å². The lowest BCUT2D eigenvalue weighted by Crippen LogP contribution is -2.39. The molecule has 0 bridgehead atoms. The van der Waals surface area contributed by atoms with Crippen LogP contribution in [0.25, 0.3) is 16.9 Å². The molecule has 0 fully saturated rings. The lowest BCUT2D eigenvalue weighted by atomic mass is 10.2. The zero-order chi connectivity index (χ0) is 19.0. The summed E-state index contributed by atoms with van der Waals surface area (Å²) in [7, 11) is 0. The van der Waals surface area contributed by atoms with Gasteiger partial charge in [0.2, 0.25) is 0 Å². The van der Waals surface area contributed by atoms with Crippen LogP contribution in [0.4, 0.5) is 4.39 Å². The van der Waals surface area contributed by atoms with E-state index < -0.39 is 11.2 Å². The molecule has 0 amide bonds. The number of aromatic nitrogens is 4. The number of rotatable bonds is 4. The molecule has 0 saturated heterocycles. The molecule has 2 heterocycles. The van der Waals surface area contributed by atoms with E-state index in [1.165, 1.54) is 17.0 Å².